The fourth-order valence-electron chi connectivity index (χ4n) is 5.24. The summed E-state index contributed by atoms with van der Waals surface area (Å²) in [5.74, 6) is -1.78. The second-order valence-electron chi connectivity index (χ2n) is 8.51. The maximum atomic E-state index is 12.4. The Balaban J connectivity index is 1.47. The number of hydrogen-bond donors (Lipinski definition) is 5. The molecular weight excluding hydrogens is 382 g/mol. The zero-order valence-electron chi connectivity index (χ0n) is 16.2. The van der Waals surface area contributed by atoms with Gasteiger partial charge >= 0.3 is 5.97 Å². The standard InChI is InChI=1S/C19H29N3O5S/c1-8-14-13(9(2)23)18(25)22(14)15(19(26)27)17(8)28-11-5-12(21-7-11)16(24)10-3-4-20-6-10/h8-14,16,20-21,23-24H,3-7H2,1-2H3,(H,26,27)/t8-,9-,10-,11+,12+,13-,14-,16-/m1/s1. The zero-order chi connectivity index (χ0) is 20.2. The molecule has 0 aromatic carbocycles. The minimum Gasteiger partial charge on any atom is -0.477 e. The number of carbonyl (C=O) groups is 2. The Morgan fingerprint density at radius 2 is 2.07 bits per heavy atom. The van der Waals surface area contributed by atoms with Crippen LogP contribution in [0.1, 0.15) is 26.7 Å². The number of rotatable bonds is 6. The van der Waals surface area contributed by atoms with Crippen LogP contribution < -0.4 is 10.6 Å². The Bertz CT molecular complexity index is 693. The summed E-state index contributed by atoms with van der Waals surface area (Å²) >= 11 is 1.52. The fraction of sp³-hybridized carbons (Fsp3) is 0.789. The highest BCUT2D eigenvalue weighted by molar-refractivity contribution is 8.03. The lowest BCUT2D eigenvalue weighted by Gasteiger charge is -2.46. The molecule has 156 valence electrons. The summed E-state index contributed by atoms with van der Waals surface area (Å²) in [6.07, 6.45) is 0.547. The number of thioether (sulfide) groups is 1. The third kappa shape index (κ3) is 3.17. The number of aliphatic hydroxyl groups excluding tert-OH is 2. The van der Waals surface area contributed by atoms with Gasteiger partial charge < -0.3 is 30.9 Å². The topological polar surface area (TPSA) is 122 Å². The van der Waals surface area contributed by atoms with Crippen LogP contribution >= 0.6 is 11.8 Å². The van der Waals surface area contributed by atoms with Crippen molar-refractivity contribution in [3.8, 4) is 0 Å². The van der Waals surface area contributed by atoms with Crippen molar-refractivity contribution < 1.29 is 24.9 Å². The van der Waals surface area contributed by atoms with E-state index in [-0.39, 0.29) is 40.8 Å². The zero-order valence-corrected chi connectivity index (χ0v) is 17.0. The number of aliphatic carboxylic acids is 1. The van der Waals surface area contributed by atoms with E-state index in [0.29, 0.717) is 6.54 Å². The first-order valence-corrected chi connectivity index (χ1v) is 11.0. The van der Waals surface area contributed by atoms with Gasteiger partial charge in [0.05, 0.1) is 24.2 Å². The number of fused-ring (bicyclic) bond motifs is 1. The predicted molar refractivity (Wildman–Crippen MR) is 104 cm³/mol. The number of aliphatic hydroxyl groups is 2. The smallest absolute Gasteiger partial charge is 0.353 e. The minimum absolute atomic E-state index is 0.0110. The van der Waals surface area contributed by atoms with Crippen LogP contribution in [-0.4, -0.2) is 81.3 Å². The molecule has 0 spiro atoms. The number of amides is 1. The van der Waals surface area contributed by atoms with E-state index in [1.54, 1.807) is 6.92 Å². The molecule has 4 aliphatic heterocycles. The third-order valence-electron chi connectivity index (χ3n) is 6.72. The van der Waals surface area contributed by atoms with E-state index in [9.17, 15) is 24.9 Å². The number of nitrogens with one attached hydrogen (secondary N) is 2. The molecule has 3 saturated heterocycles. The highest BCUT2D eigenvalue weighted by Gasteiger charge is 2.60. The molecular formula is C19H29N3O5S. The predicted octanol–water partition coefficient (Wildman–Crippen LogP) is -0.426. The average molecular weight is 412 g/mol. The van der Waals surface area contributed by atoms with Crippen molar-refractivity contribution in [1.29, 1.82) is 0 Å². The summed E-state index contributed by atoms with van der Waals surface area (Å²) in [6.45, 7) is 6.00. The van der Waals surface area contributed by atoms with E-state index in [1.807, 2.05) is 6.92 Å². The molecule has 3 fully saturated rings. The maximum Gasteiger partial charge on any atom is 0.353 e. The molecule has 8 atom stereocenters. The van der Waals surface area contributed by atoms with Gasteiger partial charge in [0.25, 0.3) is 0 Å². The van der Waals surface area contributed by atoms with Crippen LogP contribution in [-0.2, 0) is 9.59 Å². The third-order valence-corrected chi connectivity index (χ3v) is 8.23. The van der Waals surface area contributed by atoms with Crippen LogP contribution in [0.25, 0.3) is 0 Å². The first-order valence-electron chi connectivity index (χ1n) is 10.1. The number of carbonyl (C=O) groups excluding carboxylic acids is 1. The summed E-state index contributed by atoms with van der Waals surface area (Å²) in [5.41, 5.74) is 0.0772. The average Bonchev–Trinajstić information content (AvgIpc) is 3.35. The van der Waals surface area contributed by atoms with E-state index in [2.05, 4.69) is 10.6 Å². The monoisotopic (exact) mass is 411 g/mol. The Labute approximate surface area is 168 Å². The van der Waals surface area contributed by atoms with Crippen LogP contribution in [0.15, 0.2) is 10.6 Å². The quantitative estimate of drug-likeness (QED) is 0.374. The van der Waals surface area contributed by atoms with Gasteiger partial charge in [-0.2, -0.15) is 0 Å². The Kier molecular flexibility index (Phi) is 5.47. The van der Waals surface area contributed by atoms with Gasteiger partial charge in [-0.1, -0.05) is 6.92 Å². The highest BCUT2D eigenvalue weighted by atomic mass is 32.2. The lowest BCUT2D eigenvalue weighted by molar-refractivity contribution is -0.163. The normalized spacial score (nSPS) is 39.9. The summed E-state index contributed by atoms with van der Waals surface area (Å²) in [7, 11) is 0. The van der Waals surface area contributed by atoms with Crippen LogP contribution in [0, 0.1) is 17.8 Å². The molecule has 0 bridgehead atoms. The highest BCUT2D eigenvalue weighted by Crippen LogP contribution is 2.51. The molecule has 0 aromatic heterocycles. The fourth-order valence-corrected chi connectivity index (χ4v) is 6.73. The number of nitrogens with zero attached hydrogens (tertiary/aromatic N) is 1. The molecule has 0 saturated carbocycles. The number of β-lactam (4-membered cyclic amide) rings is 1. The van der Waals surface area contributed by atoms with Gasteiger partial charge in [0.15, 0.2) is 0 Å². The minimum atomic E-state index is -1.09. The SMILES string of the molecule is C[C@@H](O)[C@H]1C(=O)N2C(C(=O)O)=C(S[C@@H]3CN[C@H]([C@H](O)[C@@H]4CCNC4)C3)[C@H](C)[C@H]12. The van der Waals surface area contributed by atoms with Crippen LogP contribution in [0.4, 0.5) is 0 Å². The molecule has 8 nitrogen and oxygen atoms in total. The number of carboxylic acids is 1. The molecule has 4 heterocycles. The van der Waals surface area contributed by atoms with Crippen LogP contribution in [0.3, 0.4) is 0 Å². The molecule has 0 aliphatic carbocycles. The van der Waals surface area contributed by atoms with Crippen LogP contribution in [0.5, 0.6) is 0 Å². The van der Waals surface area contributed by atoms with Gasteiger partial charge in [0.2, 0.25) is 5.91 Å². The molecule has 1 amide bonds. The molecule has 28 heavy (non-hydrogen) atoms. The second-order valence-corrected chi connectivity index (χ2v) is 9.85. The molecule has 9 heteroatoms. The van der Waals surface area contributed by atoms with Gasteiger partial charge in [0, 0.05) is 41.1 Å². The van der Waals surface area contributed by atoms with Crippen molar-refractivity contribution in [1.82, 2.24) is 15.5 Å². The molecule has 0 radical (unpaired) electrons. The molecule has 0 aromatic rings. The van der Waals surface area contributed by atoms with Crippen molar-refractivity contribution in [2.24, 2.45) is 17.8 Å². The van der Waals surface area contributed by atoms with Gasteiger partial charge in [-0.15, -0.1) is 11.8 Å². The van der Waals surface area contributed by atoms with Gasteiger partial charge in [0.1, 0.15) is 5.70 Å². The van der Waals surface area contributed by atoms with Crippen molar-refractivity contribution in [2.45, 2.75) is 56.2 Å². The van der Waals surface area contributed by atoms with Gasteiger partial charge in [-0.25, -0.2) is 4.79 Å². The molecule has 4 aliphatic rings. The van der Waals surface area contributed by atoms with E-state index in [1.165, 1.54) is 16.7 Å². The van der Waals surface area contributed by atoms with E-state index in [0.717, 1.165) is 30.8 Å². The first-order chi connectivity index (χ1) is 13.3. The molecule has 4 rings (SSSR count). The first kappa shape index (κ1) is 20.2. The van der Waals surface area contributed by atoms with Crippen molar-refractivity contribution in [3.63, 3.8) is 0 Å². The van der Waals surface area contributed by atoms with E-state index >= 15 is 0 Å². The lowest BCUT2D eigenvalue weighted by Crippen LogP contribution is -2.63. The second kappa shape index (κ2) is 7.60. The summed E-state index contributed by atoms with van der Waals surface area (Å²) in [5, 5.41) is 37.2. The Morgan fingerprint density at radius 3 is 2.68 bits per heavy atom. The van der Waals surface area contributed by atoms with Crippen molar-refractivity contribution >= 4 is 23.6 Å². The number of carboxylic acid groups (broad SMARTS) is 1. The van der Waals surface area contributed by atoms with E-state index < -0.39 is 24.1 Å². The van der Waals surface area contributed by atoms with E-state index in [4.69, 9.17) is 0 Å². The summed E-state index contributed by atoms with van der Waals surface area (Å²) in [6, 6.07) is -0.265. The summed E-state index contributed by atoms with van der Waals surface area (Å²) < 4.78 is 0. The lowest BCUT2D eigenvalue weighted by atomic mass is 9.79. The van der Waals surface area contributed by atoms with Crippen molar-refractivity contribution in [2.75, 3.05) is 19.6 Å². The Morgan fingerprint density at radius 1 is 1.32 bits per heavy atom. The van der Waals surface area contributed by atoms with Crippen LogP contribution in [0.2, 0.25) is 0 Å². The molecule has 0 unspecified atom stereocenters. The Hall–Kier alpha value is -1.13. The summed E-state index contributed by atoms with van der Waals surface area (Å²) in [4.78, 5) is 26.4. The maximum absolute atomic E-state index is 12.4. The molecule has 5 N–H and O–H groups in total. The van der Waals surface area contributed by atoms with Gasteiger partial charge in [-0.05, 0) is 26.3 Å². The van der Waals surface area contributed by atoms with Gasteiger partial charge in [-0.3, -0.25) is 4.79 Å². The largest absolute Gasteiger partial charge is 0.477 e. The number of hydrogen-bond acceptors (Lipinski definition) is 7. The van der Waals surface area contributed by atoms with Crippen molar-refractivity contribution in [3.05, 3.63) is 10.6 Å².